The first-order chi connectivity index (χ1) is 7.65. The summed E-state index contributed by atoms with van der Waals surface area (Å²) >= 11 is 0. The summed E-state index contributed by atoms with van der Waals surface area (Å²) in [7, 11) is 3.62. The Labute approximate surface area is 95.8 Å². The van der Waals surface area contributed by atoms with E-state index in [9.17, 15) is 0 Å². The predicted molar refractivity (Wildman–Crippen MR) is 64.7 cm³/mol. The van der Waals surface area contributed by atoms with Crippen molar-refractivity contribution < 1.29 is 4.74 Å². The molecule has 3 N–H and O–H groups in total. The molecule has 6 nitrogen and oxygen atoms in total. The molecule has 1 rings (SSSR count). The van der Waals surface area contributed by atoms with Crippen LogP contribution in [-0.4, -0.2) is 48.7 Å². The van der Waals surface area contributed by atoms with Gasteiger partial charge in [0.15, 0.2) is 0 Å². The largest absolute Gasteiger partial charge is 0.481 e. The van der Waals surface area contributed by atoms with Crippen molar-refractivity contribution in [2.45, 2.75) is 6.92 Å². The second-order valence-electron chi connectivity index (χ2n) is 3.48. The Hall–Kier alpha value is -1.56. The number of nitrogens with zero attached hydrogens (tertiary/aromatic N) is 3. The molecular weight excluding hydrogens is 206 g/mol. The highest BCUT2D eigenvalue weighted by atomic mass is 16.5. The third-order valence-corrected chi connectivity index (χ3v) is 2.27. The highest BCUT2D eigenvalue weighted by Crippen LogP contribution is 2.13. The average Bonchev–Trinajstić information content (AvgIpc) is 2.28. The van der Waals surface area contributed by atoms with Gasteiger partial charge in [-0.1, -0.05) is 6.92 Å². The Kier molecular flexibility index (Phi) is 4.78. The summed E-state index contributed by atoms with van der Waals surface area (Å²) < 4.78 is 5.00. The molecule has 0 aromatic carbocycles. The van der Waals surface area contributed by atoms with E-state index in [-0.39, 0.29) is 5.95 Å². The highest BCUT2D eigenvalue weighted by molar-refractivity contribution is 5.42. The molecule has 0 aliphatic heterocycles. The molecule has 0 unspecified atom stereocenters. The minimum Gasteiger partial charge on any atom is -0.481 e. The first-order valence-corrected chi connectivity index (χ1v) is 5.26. The molecule has 0 radical (unpaired) electrons. The summed E-state index contributed by atoms with van der Waals surface area (Å²) in [6.07, 6.45) is 0. The van der Waals surface area contributed by atoms with Gasteiger partial charge in [0.1, 0.15) is 5.82 Å². The fourth-order valence-electron chi connectivity index (χ4n) is 1.17. The second-order valence-corrected chi connectivity index (χ2v) is 3.48. The standard InChI is InChI=1S/C10H19N5O/c1-4-15(2)6-5-12-8-7-9(16-3)14-10(11)13-8/h7H,4-6H2,1-3H3,(H3,11,12,13,14). The molecule has 1 heterocycles. The summed E-state index contributed by atoms with van der Waals surface area (Å²) in [6.45, 7) is 4.90. The first-order valence-electron chi connectivity index (χ1n) is 5.26. The zero-order valence-corrected chi connectivity index (χ0v) is 10.0. The molecule has 0 aliphatic carbocycles. The molecule has 0 aliphatic rings. The Balaban J connectivity index is 2.50. The van der Waals surface area contributed by atoms with Gasteiger partial charge in [-0.15, -0.1) is 0 Å². The molecule has 6 heteroatoms. The quantitative estimate of drug-likeness (QED) is 0.731. The number of methoxy groups -OCH3 is 1. The van der Waals surface area contributed by atoms with Crippen LogP contribution in [0.5, 0.6) is 5.88 Å². The van der Waals surface area contributed by atoms with E-state index in [0.29, 0.717) is 11.7 Å². The number of nitrogens with one attached hydrogen (secondary N) is 1. The van der Waals surface area contributed by atoms with Gasteiger partial charge in [-0.3, -0.25) is 0 Å². The van der Waals surface area contributed by atoms with E-state index < -0.39 is 0 Å². The van der Waals surface area contributed by atoms with E-state index in [0.717, 1.165) is 19.6 Å². The Morgan fingerprint density at radius 1 is 1.50 bits per heavy atom. The predicted octanol–water partition coefficient (Wildman–Crippen LogP) is 0.431. The number of aromatic nitrogens is 2. The molecule has 1 aromatic rings. The van der Waals surface area contributed by atoms with Gasteiger partial charge < -0.3 is 20.7 Å². The number of likely N-dealkylation sites (N-methyl/N-ethyl adjacent to an activating group) is 1. The van der Waals surface area contributed by atoms with Crippen molar-refractivity contribution in [2.75, 3.05) is 44.8 Å². The zero-order valence-electron chi connectivity index (χ0n) is 10.0. The van der Waals surface area contributed by atoms with Crippen molar-refractivity contribution in [3.63, 3.8) is 0 Å². The van der Waals surface area contributed by atoms with Crippen LogP contribution in [0, 0.1) is 0 Å². The number of ether oxygens (including phenoxy) is 1. The summed E-state index contributed by atoms with van der Waals surface area (Å²) in [5.74, 6) is 1.37. The molecule has 1 aromatic heterocycles. The van der Waals surface area contributed by atoms with Gasteiger partial charge in [-0.25, -0.2) is 0 Å². The monoisotopic (exact) mass is 225 g/mol. The smallest absolute Gasteiger partial charge is 0.225 e. The maximum absolute atomic E-state index is 5.54. The molecule has 16 heavy (non-hydrogen) atoms. The van der Waals surface area contributed by atoms with Crippen LogP contribution in [0.1, 0.15) is 6.92 Å². The molecular formula is C10H19N5O. The summed E-state index contributed by atoms with van der Waals surface area (Å²) in [5.41, 5.74) is 5.54. The van der Waals surface area contributed by atoms with Crippen molar-refractivity contribution >= 4 is 11.8 Å². The van der Waals surface area contributed by atoms with Crippen molar-refractivity contribution in [2.24, 2.45) is 0 Å². The molecule has 90 valence electrons. The van der Waals surface area contributed by atoms with Crippen LogP contribution in [-0.2, 0) is 0 Å². The zero-order chi connectivity index (χ0) is 12.0. The van der Waals surface area contributed by atoms with Gasteiger partial charge in [-0.2, -0.15) is 9.97 Å². The average molecular weight is 225 g/mol. The van der Waals surface area contributed by atoms with E-state index in [4.69, 9.17) is 10.5 Å². The van der Waals surface area contributed by atoms with Crippen molar-refractivity contribution in [1.82, 2.24) is 14.9 Å². The number of hydrogen-bond acceptors (Lipinski definition) is 6. The maximum atomic E-state index is 5.54. The lowest BCUT2D eigenvalue weighted by Crippen LogP contribution is -2.25. The van der Waals surface area contributed by atoms with E-state index in [1.165, 1.54) is 0 Å². The van der Waals surface area contributed by atoms with E-state index in [1.54, 1.807) is 13.2 Å². The van der Waals surface area contributed by atoms with Gasteiger partial charge in [-0.05, 0) is 13.6 Å². The lowest BCUT2D eigenvalue weighted by molar-refractivity contribution is 0.367. The van der Waals surface area contributed by atoms with E-state index in [1.807, 2.05) is 0 Å². The van der Waals surface area contributed by atoms with Crippen LogP contribution >= 0.6 is 0 Å². The Morgan fingerprint density at radius 3 is 2.88 bits per heavy atom. The minimum absolute atomic E-state index is 0.214. The van der Waals surface area contributed by atoms with Gasteiger partial charge >= 0.3 is 0 Å². The Bertz CT molecular complexity index is 331. The van der Waals surface area contributed by atoms with Gasteiger partial charge in [0, 0.05) is 19.2 Å². The topological polar surface area (TPSA) is 76.3 Å². The minimum atomic E-state index is 0.214. The summed E-state index contributed by atoms with van der Waals surface area (Å²) in [4.78, 5) is 10.2. The van der Waals surface area contributed by atoms with Crippen molar-refractivity contribution in [1.29, 1.82) is 0 Å². The van der Waals surface area contributed by atoms with E-state index >= 15 is 0 Å². The molecule has 0 fully saturated rings. The number of hydrogen-bond donors (Lipinski definition) is 2. The fourth-order valence-corrected chi connectivity index (χ4v) is 1.17. The van der Waals surface area contributed by atoms with Crippen LogP contribution in [0.3, 0.4) is 0 Å². The van der Waals surface area contributed by atoms with Gasteiger partial charge in [0.25, 0.3) is 0 Å². The molecule has 0 saturated heterocycles. The first kappa shape index (κ1) is 12.5. The number of rotatable bonds is 6. The summed E-state index contributed by atoms with van der Waals surface area (Å²) in [6, 6.07) is 1.72. The highest BCUT2D eigenvalue weighted by Gasteiger charge is 2.02. The normalized spacial score (nSPS) is 10.5. The van der Waals surface area contributed by atoms with Gasteiger partial charge in [0.05, 0.1) is 7.11 Å². The molecule has 0 amide bonds. The fraction of sp³-hybridized carbons (Fsp3) is 0.600. The molecule has 0 bridgehead atoms. The maximum Gasteiger partial charge on any atom is 0.225 e. The molecule has 0 spiro atoms. The van der Waals surface area contributed by atoms with Crippen LogP contribution in [0.2, 0.25) is 0 Å². The number of nitrogen functional groups attached to an aromatic ring is 1. The van der Waals surface area contributed by atoms with Crippen molar-refractivity contribution in [3.8, 4) is 5.88 Å². The molecule has 0 atom stereocenters. The van der Waals surface area contributed by atoms with Crippen LogP contribution in [0.25, 0.3) is 0 Å². The third kappa shape index (κ3) is 3.90. The third-order valence-electron chi connectivity index (χ3n) is 2.27. The Morgan fingerprint density at radius 2 is 2.25 bits per heavy atom. The summed E-state index contributed by atoms with van der Waals surface area (Å²) in [5, 5.41) is 3.17. The van der Waals surface area contributed by atoms with Crippen LogP contribution < -0.4 is 15.8 Å². The van der Waals surface area contributed by atoms with E-state index in [2.05, 4.69) is 34.2 Å². The number of anilines is 2. The number of nitrogens with two attached hydrogens (primary N) is 1. The van der Waals surface area contributed by atoms with Crippen molar-refractivity contribution in [3.05, 3.63) is 6.07 Å². The molecule has 0 saturated carbocycles. The van der Waals surface area contributed by atoms with Crippen LogP contribution in [0.15, 0.2) is 6.07 Å². The SMILES string of the molecule is CCN(C)CCNc1cc(OC)nc(N)n1. The lowest BCUT2D eigenvalue weighted by Gasteiger charge is -2.14. The van der Waals surface area contributed by atoms with Crippen LogP contribution in [0.4, 0.5) is 11.8 Å². The second kappa shape index (κ2) is 6.12. The lowest BCUT2D eigenvalue weighted by atomic mass is 10.5. The van der Waals surface area contributed by atoms with Gasteiger partial charge in [0.2, 0.25) is 11.8 Å².